The molecule has 0 bridgehead atoms. The summed E-state index contributed by atoms with van der Waals surface area (Å²) in [4.78, 5) is 29.3. The summed E-state index contributed by atoms with van der Waals surface area (Å²) >= 11 is 0. The standard InChI is InChI=1S/C16H20N6O2/c17-15(23)13-4-8-21(9-5-13)16(24)19-11-12-2-3-14(18-10-12)22-7-1-6-20-22/h1-3,6-7,10,13H,4-5,8-9,11H2,(H2,17,23)(H,19,24). The van der Waals surface area contributed by atoms with Crippen molar-refractivity contribution in [2.45, 2.75) is 19.4 Å². The van der Waals surface area contributed by atoms with Gasteiger partial charge in [-0.1, -0.05) is 6.07 Å². The van der Waals surface area contributed by atoms with Gasteiger partial charge in [-0.2, -0.15) is 5.10 Å². The zero-order valence-corrected chi connectivity index (χ0v) is 13.3. The summed E-state index contributed by atoms with van der Waals surface area (Å²) in [5, 5.41) is 6.99. The average Bonchev–Trinajstić information content (AvgIpc) is 3.15. The van der Waals surface area contributed by atoms with Crippen LogP contribution in [0.4, 0.5) is 4.79 Å². The second kappa shape index (κ2) is 7.12. The molecular weight excluding hydrogens is 308 g/mol. The predicted octanol–water partition coefficient (Wildman–Crippen LogP) is 0.674. The van der Waals surface area contributed by atoms with E-state index in [4.69, 9.17) is 5.73 Å². The first-order valence-corrected chi connectivity index (χ1v) is 7.90. The lowest BCUT2D eigenvalue weighted by Gasteiger charge is -2.30. The molecule has 3 heterocycles. The summed E-state index contributed by atoms with van der Waals surface area (Å²) in [6.45, 7) is 1.51. The number of amides is 3. The molecule has 0 unspecified atom stereocenters. The van der Waals surface area contributed by atoms with E-state index in [1.807, 2.05) is 24.4 Å². The fraction of sp³-hybridized carbons (Fsp3) is 0.375. The third-order valence-electron chi connectivity index (χ3n) is 4.18. The van der Waals surface area contributed by atoms with E-state index in [0.717, 1.165) is 11.4 Å². The molecule has 0 aliphatic carbocycles. The van der Waals surface area contributed by atoms with Gasteiger partial charge >= 0.3 is 6.03 Å². The number of nitrogens with one attached hydrogen (secondary N) is 1. The molecule has 0 aromatic carbocycles. The summed E-state index contributed by atoms with van der Waals surface area (Å²) in [7, 11) is 0. The summed E-state index contributed by atoms with van der Waals surface area (Å²) in [5.41, 5.74) is 6.21. The minimum Gasteiger partial charge on any atom is -0.369 e. The van der Waals surface area contributed by atoms with Crippen molar-refractivity contribution in [3.8, 4) is 5.82 Å². The van der Waals surface area contributed by atoms with Crippen LogP contribution in [0.25, 0.3) is 5.82 Å². The van der Waals surface area contributed by atoms with Crippen molar-refractivity contribution >= 4 is 11.9 Å². The van der Waals surface area contributed by atoms with Gasteiger partial charge in [0.05, 0.1) is 0 Å². The minimum absolute atomic E-state index is 0.118. The highest BCUT2D eigenvalue weighted by Gasteiger charge is 2.25. The fourth-order valence-corrected chi connectivity index (χ4v) is 2.72. The Morgan fingerprint density at radius 1 is 1.29 bits per heavy atom. The number of carbonyl (C=O) groups excluding carboxylic acids is 2. The van der Waals surface area contributed by atoms with Gasteiger partial charge in [0.2, 0.25) is 5.91 Å². The molecule has 24 heavy (non-hydrogen) atoms. The maximum Gasteiger partial charge on any atom is 0.317 e. The Balaban J connectivity index is 1.49. The number of nitrogens with zero attached hydrogens (tertiary/aromatic N) is 4. The monoisotopic (exact) mass is 328 g/mol. The molecule has 3 amide bonds. The molecule has 3 rings (SSSR count). The molecule has 1 fully saturated rings. The van der Waals surface area contributed by atoms with Crippen LogP contribution in [0.2, 0.25) is 0 Å². The highest BCUT2D eigenvalue weighted by molar-refractivity contribution is 5.78. The van der Waals surface area contributed by atoms with Crippen molar-refractivity contribution in [1.82, 2.24) is 25.0 Å². The van der Waals surface area contributed by atoms with Crippen LogP contribution in [0.3, 0.4) is 0 Å². The lowest BCUT2D eigenvalue weighted by molar-refractivity contribution is -0.123. The van der Waals surface area contributed by atoms with E-state index in [1.165, 1.54) is 0 Å². The zero-order valence-electron chi connectivity index (χ0n) is 13.3. The third-order valence-corrected chi connectivity index (χ3v) is 4.18. The second-order valence-corrected chi connectivity index (χ2v) is 5.80. The molecule has 126 valence electrons. The van der Waals surface area contributed by atoms with Gasteiger partial charge in [-0.3, -0.25) is 4.79 Å². The summed E-state index contributed by atoms with van der Waals surface area (Å²) in [6.07, 6.45) is 6.49. The molecule has 0 spiro atoms. The molecule has 3 N–H and O–H groups in total. The van der Waals surface area contributed by atoms with Crippen LogP contribution in [0, 0.1) is 5.92 Å². The Labute approximate surface area is 139 Å². The van der Waals surface area contributed by atoms with Gasteiger partial charge in [-0.15, -0.1) is 0 Å². The smallest absolute Gasteiger partial charge is 0.317 e. The molecule has 8 nitrogen and oxygen atoms in total. The number of carbonyl (C=O) groups is 2. The second-order valence-electron chi connectivity index (χ2n) is 5.80. The highest BCUT2D eigenvalue weighted by atomic mass is 16.2. The van der Waals surface area contributed by atoms with Crippen molar-refractivity contribution in [2.75, 3.05) is 13.1 Å². The Morgan fingerprint density at radius 2 is 2.08 bits per heavy atom. The largest absolute Gasteiger partial charge is 0.369 e. The molecule has 0 radical (unpaired) electrons. The van der Waals surface area contributed by atoms with E-state index >= 15 is 0 Å². The number of rotatable bonds is 4. The van der Waals surface area contributed by atoms with Crippen LogP contribution >= 0.6 is 0 Å². The first-order valence-electron chi connectivity index (χ1n) is 7.90. The maximum absolute atomic E-state index is 12.2. The van der Waals surface area contributed by atoms with Gasteiger partial charge in [0.15, 0.2) is 5.82 Å². The molecule has 8 heteroatoms. The van der Waals surface area contributed by atoms with Crippen LogP contribution in [-0.4, -0.2) is 44.7 Å². The molecule has 1 aliphatic rings. The Bertz CT molecular complexity index is 690. The van der Waals surface area contributed by atoms with Gasteiger partial charge < -0.3 is 16.0 Å². The van der Waals surface area contributed by atoms with E-state index in [1.54, 1.807) is 22.0 Å². The molecule has 0 atom stereocenters. The Hall–Kier alpha value is -2.90. The normalized spacial score (nSPS) is 15.2. The maximum atomic E-state index is 12.2. The number of hydrogen-bond acceptors (Lipinski definition) is 4. The number of hydrogen-bond donors (Lipinski definition) is 2. The van der Waals surface area contributed by atoms with E-state index in [2.05, 4.69) is 15.4 Å². The van der Waals surface area contributed by atoms with Crippen LogP contribution in [0.5, 0.6) is 0 Å². The van der Waals surface area contributed by atoms with Crippen LogP contribution in [0.1, 0.15) is 18.4 Å². The highest BCUT2D eigenvalue weighted by Crippen LogP contribution is 2.16. The molecule has 0 saturated carbocycles. The van der Waals surface area contributed by atoms with E-state index < -0.39 is 0 Å². The molecule has 2 aromatic rings. The molecule has 2 aromatic heterocycles. The third kappa shape index (κ3) is 3.70. The lowest BCUT2D eigenvalue weighted by Crippen LogP contribution is -2.46. The minimum atomic E-state index is -0.279. The first kappa shape index (κ1) is 16.0. The SMILES string of the molecule is NC(=O)C1CCN(C(=O)NCc2ccc(-n3cccn3)nc2)CC1. The van der Waals surface area contributed by atoms with E-state index in [9.17, 15) is 9.59 Å². The Kier molecular flexibility index (Phi) is 4.74. The van der Waals surface area contributed by atoms with Crippen molar-refractivity contribution in [1.29, 1.82) is 0 Å². The summed E-state index contributed by atoms with van der Waals surface area (Å²) in [5.74, 6) is 0.329. The van der Waals surface area contributed by atoms with Crippen molar-refractivity contribution in [2.24, 2.45) is 11.7 Å². The predicted molar refractivity (Wildman–Crippen MR) is 87.1 cm³/mol. The van der Waals surface area contributed by atoms with Crippen LogP contribution < -0.4 is 11.1 Å². The number of pyridine rings is 1. The van der Waals surface area contributed by atoms with Gasteiger partial charge in [0.25, 0.3) is 0 Å². The Morgan fingerprint density at radius 3 is 2.67 bits per heavy atom. The average molecular weight is 328 g/mol. The number of aromatic nitrogens is 3. The lowest BCUT2D eigenvalue weighted by atomic mass is 9.96. The van der Waals surface area contributed by atoms with Gasteiger partial charge in [0, 0.05) is 44.1 Å². The summed E-state index contributed by atoms with van der Waals surface area (Å²) < 4.78 is 1.67. The van der Waals surface area contributed by atoms with E-state index in [-0.39, 0.29) is 17.9 Å². The molecule has 1 aliphatic heterocycles. The molecule has 1 saturated heterocycles. The van der Waals surface area contributed by atoms with Crippen LogP contribution in [-0.2, 0) is 11.3 Å². The number of primary amides is 1. The van der Waals surface area contributed by atoms with Crippen molar-refractivity contribution in [3.05, 3.63) is 42.4 Å². The number of likely N-dealkylation sites (tertiary alicyclic amines) is 1. The van der Waals surface area contributed by atoms with Crippen molar-refractivity contribution < 1.29 is 9.59 Å². The van der Waals surface area contributed by atoms with Gasteiger partial charge in [0.1, 0.15) is 0 Å². The molecular formula is C16H20N6O2. The zero-order chi connectivity index (χ0) is 16.9. The van der Waals surface area contributed by atoms with E-state index in [0.29, 0.717) is 32.5 Å². The fourth-order valence-electron chi connectivity index (χ4n) is 2.72. The number of piperidine rings is 1. The van der Waals surface area contributed by atoms with Crippen LogP contribution in [0.15, 0.2) is 36.8 Å². The van der Waals surface area contributed by atoms with Gasteiger partial charge in [-0.25, -0.2) is 14.5 Å². The topological polar surface area (TPSA) is 106 Å². The number of nitrogens with two attached hydrogens (primary N) is 1. The van der Waals surface area contributed by atoms with Gasteiger partial charge in [-0.05, 0) is 30.5 Å². The quantitative estimate of drug-likeness (QED) is 0.860. The van der Waals surface area contributed by atoms with Crippen molar-refractivity contribution in [3.63, 3.8) is 0 Å². The number of urea groups is 1. The first-order chi connectivity index (χ1) is 11.6. The summed E-state index contributed by atoms with van der Waals surface area (Å²) in [6, 6.07) is 5.46.